The topological polar surface area (TPSA) is 58.3 Å². The second kappa shape index (κ2) is 7.12. The van der Waals surface area contributed by atoms with Crippen molar-refractivity contribution in [1.29, 1.82) is 0 Å². The fourth-order valence-electron chi connectivity index (χ4n) is 5.07. The van der Waals surface area contributed by atoms with Crippen molar-refractivity contribution in [2.75, 3.05) is 36.8 Å². The van der Waals surface area contributed by atoms with Gasteiger partial charge in [0, 0.05) is 30.6 Å². The molecule has 3 aliphatic rings. The molecule has 5 rings (SSSR count). The SMILES string of the molecule is Nc1nc2c(c(N3CCC(N4CCC4)CC3)n1)CCCC2c1ccccc1. The van der Waals surface area contributed by atoms with Crippen molar-refractivity contribution in [2.24, 2.45) is 0 Å². The predicted molar refractivity (Wildman–Crippen MR) is 109 cm³/mol. The lowest BCUT2D eigenvalue weighted by Gasteiger charge is -2.43. The lowest BCUT2D eigenvalue weighted by Crippen LogP contribution is -2.50. The summed E-state index contributed by atoms with van der Waals surface area (Å²) in [6.45, 7) is 4.75. The lowest BCUT2D eigenvalue weighted by molar-refractivity contribution is 0.1000. The highest BCUT2D eigenvalue weighted by atomic mass is 15.3. The van der Waals surface area contributed by atoms with Gasteiger partial charge in [0.15, 0.2) is 0 Å². The third-order valence-corrected chi connectivity index (χ3v) is 6.66. The van der Waals surface area contributed by atoms with Gasteiger partial charge in [0.1, 0.15) is 5.82 Å². The van der Waals surface area contributed by atoms with Crippen molar-refractivity contribution in [1.82, 2.24) is 14.9 Å². The second-order valence-electron chi connectivity index (χ2n) is 8.23. The summed E-state index contributed by atoms with van der Waals surface area (Å²) in [5.41, 5.74) is 10.0. The number of likely N-dealkylation sites (tertiary alicyclic amines) is 1. The number of piperidine rings is 1. The number of anilines is 2. The molecule has 1 aromatic carbocycles. The highest BCUT2D eigenvalue weighted by Gasteiger charge is 2.32. The van der Waals surface area contributed by atoms with E-state index < -0.39 is 0 Å². The molecule has 2 fully saturated rings. The monoisotopic (exact) mass is 363 g/mol. The Morgan fingerprint density at radius 3 is 2.37 bits per heavy atom. The van der Waals surface area contributed by atoms with Crippen molar-refractivity contribution < 1.29 is 0 Å². The molecule has 1 atom stereocenters. The number of hydrogen-bond donors (Lipinski definition) is 1. The van der Waals surface area contributed by atoms with Crippen LogP contribution >= 0.6 is 0 Å². The summed E-state index contributed by atoms with van der Waals surface area (Å²) in [6.07, 6.45) is 7.25. The standard InChI is InChI=1S/C22H29N5/c23-22-24-20-18(16-6-2-1-3-7-16)8-4-9-19(20)21(25-22)27-14-10-17(11-15-27)26-12-5-13-26/h1-3,6-7,17-18H,4-5,8-15H2,(H2,23,24,25). The van der Waals surface area contributed by atoms with Crippen LogP contribution in [0.2, 0.25) is 0 Å². The van der Waals surface area contributed by atoms with Gasteiger partial charge >= 0.3 is 0 Å². The number of nitrogen functional groups attached to an aromatic ring is 1. The van der Waals surface area contributed by atoms with Gasteiger partial charge in [-0.1, -0.05) is 30.3 Å². The molecule has 5 heteroatoms. The van der Waals surface area contributed by atoms with Crippen LogP contribution in [0, 0.1) is 0 Å². The molecule has 27 heavy (non-hydrogen) atoms. The normalized spacial score (nSPS) is 23.7. The number of nitrogens with two attached hydrogens (primary N) is 1. The summed E-state index contributed by atoms with van der Waals surface area (Å²) >= 11 is 0. The third-order valence-electron chi connectivity index (χ3n) is 6.66. The van der Waals surface area contributed by atoms with Gasteiger partial charge in [-0.25, -0.2) is 4.98 Å². The van der Waals surface area contributed by atoms with Gasteiger partial charge in [-0.15, -0.1) is 0 Å². The molecule has 0 amide bonds. The summed E-state index contributed by atoms with van der Waals surface area (Å²) in [7, 11) is 0. The van der Waals surface area contributed by atoms with E-state index in [1.165, 1.54) is 55.6 Å². The Morgan fingerprint density at radius 1 is 0.889 bits per heavy atom. The van der Waals surface area contributed by atoms with Crippen LogP contribution in [0.4, 0.5) is 11.8 Å². The molecule has 0 bridgehead atoms. The molecule has 5 nitrogen and oxygen atoms in total. The highest BCUT2D eigenvalue weighted by Crippen LogP contribution is 2.39. The van der Waals surface area contributed by atoms with Crippen LogP contribution in [0.25, 0.3) is 0 Å². The van der Waals surface area contributed by atoms with Gasteiger partial charge in [-0.3, -0.25) is 0 Å². The van der Waals surface area contributed by atoms with Crippen molar-refractivity contribution in [3.63, 3.8) is 0 Å². The van der Waals surface area contributed by atoms with Crippen LogP contribution in [0.3, 0.4) is 0 Å². The van der Waals surface area contributed by atoms with Crippen LogP contribution in [0.5, 0.6) is 0 Å². The van der Waals surface area contributed by atoms with Crippen molar-refractivity contribution >= 4 is 11.8 Å². The summed E-state index contributed by atoms with van der Waals surface area (Å²) in [5.74, 6) is 1.88. The Labute approximate surface area is 161 Å². The zero-order chi connectivity index (χ0) is 18.2. The first-order chi connectivity index (χ1) is 13.3. The molecule has 2 aromatic rings. The molecule has 1 aromatic heterocycles. The fraction of sp³-hybridized carbons (Fsp3) is 0.545. The summed E-state index contributed by atoms with van der Waals surface area (Å²) < 4.78 is 0. The van der Waals surface area contributed by atoms with Crippen LogP contribution in [-0.4, -0.2) is 47.1 Å². The van der Waals surface area contributed by atoms with E-state index in [1.807, 2.05) is 0 Å². The maximum absolute atomic E-state index is 6.18. The molecule has 0 spiro atoms. The van der Waals surface area contributed by atoms with Gasteiger partial charge in [-0.2, -0.15) is 4.98 Å². The first kappa shape index (κ1) is 17.0. The van der Waals surface area contributed by atoms with Gasteiger partial charge in [0.2, 0.25) is 5.95 Å². The Kier molecular flexibility index (Phi) is 4.48. The zero-order valence-electron chi connectivity index (χ0n) is 16.0. The molecule has 1 unspecified atom stereocenters. The summed E-state index contributed by atoms with van der Waals surface area (Å²) in [5, 5.41) is 0. The van der Waals surface area contributed by atoms with Crippen molar-refractivity contribution in [3.05, 3.63) is 47.2 Å². The third kappa shape index (κ3) is 3.18. The van der Waals surface area contributed by atoms with Crippen molar-refractivity contribution in [2.45, 2.75) is 50.5 Å². The zero-order valence-corrected chi connectivity index (χ0v) is 16.0. The number of nitrogens with zero attached hydrogens (tertiary/aromatic N) is 4. The van der Waals surface area contributed by atoms with E-state index in [-0.39, 0.29) is 0 Å². The minimum atomic E-state index is 0.345. The average Bonchev–Trinajstić information content (AvgIpc) is 2.67. The van der Waals surface area contributed by atoms with E-state index in [9.17, 15) is 0 Å². The van der Waals surface area contributed by atoms with E-state index in [0.29, 0.717) is 11.9 Å². The molecule has 2 saturated heterocycles. The molecule has 2 N–H and O–H groups in total. The summed E-state index contributed by atoms with van der Waals surface area (Å²) in [6, 6.07) is 11.5. The van der Waals surface area contributed by atoms with Gasteiger partial charge < -0.3 is 15.5 Å². The van der Waals surface area contributed by atoms with Gasteiger partial charge in [0.25, 0.3) is 0 Å². The van der Waals surface area contributed by atoms with Gasteiger partial charge in [0.05, 0.1) is 5.69 Å². The maximum Gasteiger partial charge on any atom is 0.222 e. The Balaban J connectivity index is 1.43. The molecule has 0 radical (unpaired) electrons. The Hall–Kier alpha value is -2.14. The van der Waals surface area contributed by atoms with Gasteiger partial charge in [-0.05, 0) is 57.2 Å². The number of hydrogen-bond acceptors (Lipinski definition) is 5. The molecular weight excluding hydrogens is 334 g/mol. The molecule has 0 saturated carbocycles. The summed E-state index contributed by atoms with van der Waals surface area (Å²) in [4.78, 5) is 14.6. The smallest absolute Gasteiger partial charge is 0.222 e. The minimum Gasteiger partial charge on any atom is -0.368 e. The van der Waals surface area contributed by atoms with E-state index >= 15 is 0 Å². The average molecular weight is 364 g/mol. The molecule has 2 aliphatic heterocycles. The molecule has 142 valence electrons. The van der Waals surface area contributed by atoms with Crippen LogP contribution in [-0.2, 0) is 6.42 Å². The van der Waals surface area contributed by atoms with Crippen molar-refractivity contribution in [3.8, 4) is 0 Å². The number of aromatic nitrogens is 2. The van der Waals surface area contributed by atoms with Crippen LogP contribution < -0.4 is 10.6 Å². The fourth-order valence-corrected chi connectivity index (χ4v) is 5.07. The highest BCUT2D eigenvalue weighted by molar-refractivity contribution is 5.55. The number of benzene rings is 1. The number of fused-ring (bicyclic) bond motifs is 1. The maximum atomic E-state index is 6.18. The van der Waals surface area contributed by atoms with E-state index in [2.05, 4.69) is 40.1 Å². The molecule has 3 heterocycles. The molecular formula is C22H29N5. The first-order valence-corrected chi connectivity index (χ1v) is 10.5. The van der Waals surface area contributed by atoms with E-state index in [4.69, 9.17) is 15.7 Å². The largest absolute Gasteiger partial charge is 0.368 e. The second-order valence-corrected chi connectivity index (χ2v) is 8.23. The Bertz CT molecular complexity index is 794. The van der Waals surface area contributed by atoms with Crippen LogP contribution in [0.1, 0.15) is 54.8 Å². The van der Waals surface area contributed by atoms with E-state index in [0.717, 1.165) is 37.8 Å². The number of rotatable bonds is 3. The predicted octanol–water partition coefficient (Wildman–Crippen LogP) is 3.20. The Morgan fingerprint density at radius 2 is 1.67 bits per heavy atom. The molecule has 1 aliphatic carbocycles. The quantitative estimate of drug-likeness (QED) is 0.907. The van der Waals surface area contributed by atoms with E-state index in [1.54, 1.807) is 0 Å². The first-order valence-electron chi connectivity index (χ1n) is 10.5. The lowest BCUT2D eigenvalue weighted by atomic mass is 9.82. The minimum absolute atomic E-state index is 0.345. The van der Waals surface area contributed by atoms with Crippen LogP contribution in [0.15, 0.2) is 30.3 Å².